The van der Waals surface area contributed by atoms with Gasteiger partial charge in [-0.25, -0.2) is 0 Å². The molecule has 106 valence electrons. The lowest BCUT2D eigenvalue weighted by molar-refractivity contribution is 0.102. The SMILES string of the molecule is CCCn1ncc(OC)c1C(=O)c1cc(Br)ccc1N. The number of hydrogen-bond acceptors (Lipinski definition) is 4. The van der Waals surface area contributed by atoms with Gasteiger partial charge >= 0.3 is 0 Å². The highest BCUT2D eigenvalue weighted by Gasteiger charge is 2.22. The Morgan fingerprint density at radius 1 is 1.50 bits per heavy atom. The van der Waals surface area contributed by atoms with Crippen molar-refractivity contribution in [1.82, 2.24) is 9.78 Å². The first kappa shape index (κ1) is 14.6. The fraction of sp³-hybridized carbons (Fsp3) is 0.286. The Hall–Kier alpha value is -1.82. The van der Waals surface area contributed by atoms with E-state index in [1.807, 2.05) is 6.92 Å². The molecule has 0 bridgehead atoms. The van der Waals surface area contributed by atoms with Crippen LogP contribution in [0.25, 0.3) is 0 Å². The Bertz CT molecular complexity index is 637. The number of nitrogens with two attached hydrogens (primary N) is 1. The Kier molecular flexibility index (Phi) is 4.44. The fourth-order valence-electron chi connectivity index (χ4n) is 1.98. The van der Waals surface area contributed by atoms with Crippen molar-refractivity contribution in [3.8, 4) is 5.75 Å². The van der Waals surface area contributed by atoms with E-state index < -0.39 is 0 Å². The van der Waals surface area contributed by atoms with E-state index >= 15 is 0 Å². The number of halogens is 1. The first-order chi connectivity index (χ1) is 9.58. The lowest BCUT2D eigenvalue weighted by Crippen LogP contribution is -2.14. The van der Waals surface area contributed by atoms with Crippen molar-refractivity contribution in [3.05, 3.63) is 40.1 Å². The van der Waals surface area contributed by atoms with E-state index in [0.717, 1.165) is 10.9 Å². The number of rotatable bonds is 5. The highest BCUT2D eigenvalue weighted by Crippen LogP contribution is 2.26. The highest BCUT2D eigenvalue weighted by atomic mass is 79.9. The molecule has 2 aromatic rings. The van der Waals surface area contributed by atoms with Crippen molar-refractivity contribution in [1.29, 1.82) is 0 Å². The number of ether oxygens (including phenoxy) is 1. The largest absolute Gasteiger partial charge is 0.493 e. The van der Waals surface area contributed by atoms with Crippen molar-refractivity contribution < 1.29 is 9.53 Å². The summed E-state index contributed by atoms with van der Waals surface area (Å²) in [5.74, 6) is 0.273. The number of nitrogens with zero attached hydrogens (tertiary/aromatic N) is 2. The molecule has 0 saturated heterocycles. The predicted molar refractivity (Wildman–Crippen MR) is 81.1 cm³/mol. The minimum Gasteiger partial charge on any atom is -0.493 e. The van der Waals surface area contributed by atoms with Gasteiger partial charge in [0.2, 0.25) is 5.78 Å². The molecule has 2 N–H and O–H groups in total. The van der Waals surface area contributed by atoms with Crippen LogP contribution in [0, 0.1) is 0 Å². The second kappa shape index (κ2) is 6.09. The molecule has 6 heteroatoms. The summed E-state index contributed by atoms with van der Waals surface area (Å²) in [4.78, 5) is 12.7. The molecule has 5 nitrogen and oxygen atoms in total. The summed E-state index contributed by atoms with van der Waals surface area (Å²) < 4.78 is 7.68. The topological polar surface area (TPSA) is 70.1 Å². The average Bonchev–Trinajstić information content (AvgIpc) is 2.84. The van der Waals surface area contributed by atoms with Crippen molar-refractivity contribution >= 4 is 27.4 Å². The Balaban J connectivity index is 2.52. The zero-order chi connectivity index (χ0) is 14.7. The van der Waals surface area contributed by atoms with E-state index in [4.69, 9.17) is 10.5 Å². The predicted octanol–water partition coefficient (Wildman–Crippen LogP) is 2.88. The summed E-state index contributed by atoms with van der Waals surface area (Å²) in [5, 5.41) is 4.19. The van der Waals surface area contributed by atoms with E-state index in [1.165, 1.54) is 7.11 Å². The lowest BCUT2D eigenvalue weighted by atomic mass is 10.1. The third kappa shape index (κ3) is 2.70. The molecule has 0 amide bonds. The number of carbonyl (C=O) groups excluding carboxylic acids is 1. The molecule has 1 heterocycles. The van der Waals surface area contributed by atoms with Gasteiger partial charge in [0.1, 0.15) is 0 Å². The Morgan fingerprint density at radius 2 is 2.25 bits per heavy atom. The van der Waals surface area contributed by atoms with Crippen LogP contribution in [0.1, 0.15) is 29.4 Å². The van der Waals surface area contributed by atoms with Crippen LogP contribution < -0.4 is 10.5 Å². The normalized spacial score (nSPS) is 10.6. The van der Waals surface area contributed by atoms with E-state index in [1.54, 1.807) is 29.1 Å². The number of aryl methyl sites for hydroxylation is 1. The number of methoxy groups -OCH3 is 1. The maximum atomic E-state index is 12.7. The molecule has 0 aliphatic heterocycles. The van der Waals surface area contributed by atoms with Crippen molar-refractivity contribution in [2.75, 3.05) is 12.8 Å². The lowest BCUT2D eigenvalue weighted by Gasteiger charge is -2.09. The molecule has 1 aromatic carbocycles. The molecule has 0 aliphatic carbocycles. The van der Waals surface area contributed by atoms with E-state index in [9.17, 15) is 4.79 Å². The van der Waals surface area contributed by atoms with Crippen LogP contribution in [0.2, 0.25) is 0 Å². The molecule has 0 fully saturated rings. The first-order valence-electron chi connectivity index (χ1n) is 6.28. The van der Waals surface area contributed by atoms with Gasteiger partial charge in [0, 0.05) is 22.3 Å². The van der Waals surface area contributed by atoms with Crippen LogP contribution in [-0.2, 0) is 6.54 Å². The summed E-state index contributed by atoms with van der Waals surface area (Å²) in [6.07, 6.45) is 2.43. The van der Waals surface area contributed by atoms with Gasteiger partial charge in [0.05, 0.1) is 13.3 Å². The van der Waals surface area contributed by atoms with Crippen LogP contribution in [0.3, 0.4) is 0 Å². The first-order valence-corrected chi connectivity index (χ1v) is 7.07. The number of aromatic nitrogens is 2. The standard InChI is InChI=1S/C14H16BrN3O2/c1-3-6-18-13(12(20-2)8-17-18)14(19)10-7-9(15)4-5-11(10)16/h4-5,7-8H,3,6,16H2,1-2H3. The van der Waals surface area contributed by atoms with Gasteiger partial charge in [-0.2, -0.15) is 5.10 Å². The molecular weight excluding hydrogens is 322 g/mol. The van der Waals surface area contributed by atoms with Crippen LogP contribution in [-0.4, -0.2) is 22.7 Å². The summed E-state index contributed by atoms with van der Waals surface area (Å²) in [7, 11) is 1.52. The van der Waals surface area contributed by atoms with Crippen LogP contribution in [0.4, 0.5) is 5.69 Å². The van der Waals surface area contributed by atoms with E-state index in [2.05, 4.69) is 21.0 Å². The van der Waals surface area contributed by atoms with Gasteiger partial charge in [0.15, 0.2) is 11.4 Å². The smallest absolute Gasteiger partial charge is 0.216 e. The molecule has 0 aliphatic rings. The molecule has 0 saturated carbocycles. The third-order valence-electron chi connectivity index (χ3n) is 2.94. The molecule has 2 rings (SSSR count). The van der Waals surface area contributed by atoms with Gasteiger partial charge in [-0.3, -0.25) is 9.48 Å². The number of anilines is 1. The van der Waals surface area contributed by atoms with Crippen LogP contribution >= 0.6 is 15.9 Å². The molecule has 1 aromatic heterocycles. The minimum absolute atomic E-state index is 0.188. The van der Waals surface area contributed by atoms with Gasteiger partial charge in [-0.15, -0.1) is 0 Å². The molecular formula is C14H16BrN3O2. The number of benzene rings is 1. The van der Waals surface area contributed by atoms with Gasteiger partial charge in [-0.1, -0.05) is 22.9 Å². The van der Waals surface area contributed by atoms with Crippen molar-refractivity contribution in [3.63, 3.8) is 0 Å². The summed E-state index contributed by atoms with van der Waals surface area (Å²) in [6, 6.07) is 5.21. The quantitative estimate of drug-likeness (QED) is 0.672. The molecule has 0 spiro atoms. The average molecular weight is 338 g/mol. The summed E-state index contributed by atoms with van der Waals surface area (Å²) in [6.45, 7) is 2.67. The van der Waals surface area contributed by atoms with Crippen LogP contribution in [0.5, 0.6) is 5.75 Å². The molecule has 20 heavy (non-hydrogen) atoms. The third-order valence-corrected chi connectivity index (χ3v) is 3.43. The van der Waals surface area contributed by atoms with Crippen molar-refractivity contribution in [2.45, 2.75) is 19.9 Å². The van der Waals surface area contributed by atoms with Gasteiger partial charge < -0.3 is 10.5 Å². The van der Waals surface area contributed by atoms with Crippen molar-refractivity contribution in [2.24, 2.45) is 0 Å². The maximum Gasteiger partial charge on any atom is 0.216 e. The fourth-order valence-corrected chi connectivity index (χ4v) is 2.34. The van der Waals surface area contributed by atoms with E-state index in [-0.39, 0.29) is 5.78 Å². The zero-order valence-electron chi connectivity index (χ0n) is 11.4. The minimum atomic E-state index is -0.188. The number of ketones is 1. The van der Waals surface area contributed by atoms with E-state index in [0.29, 0.717) is 29.2 Å². The number of hydrogen-bond donors (Lipinski definition) is 1. The molecule has 0 atom stereocenters. The van der Waals surface area contributed by atoms with Gasteiger partial charge in [0.25, 0.3) is 0 Å². The molecule has 0 radical (unpaired) electrons. The number of nitrogen functional groups attached to an aromatic ring is 1. The summed E-state index contributed by atoms with van der Waals surface area (Å²) in [5.41, 5.74) is 7.20. The Labute approximate surface area is 125 Å². The molecule has 0 unspecified atom stereocenters. The Morgan fingerprint density at radius 3 is 2.90 bits per heavy atom. The highest BCUT2D eigenvalue weighted by molar-refractivity contribution is 9.10. The second-order valence-electron chi connectivity index (χ2n) is 4.35. The monoisotopic (exact) mass is 337 g/mol. The van der Waals surface area contributed by atoms with Gasteiger partial charge in [-0.05, 0) is 24.6 Å². The number of carbonyl (C=O) groups is 1. The zero-order valence-corrected chi connectivity index (χ0v) is 13.0. The van der Waals surface area contributed by atoms with Crippen LogP contribution in [0.15, 0.2) is 28.9 Å². The summed E-state index contributed by atoms with van der Waals surface area (Å²) >= 11 is 3.35. The maximum absolute atomic E-state index is 12.7. The second-order valence-corrected chi connectivity index (χ2v) is 5.26.